The van der Waals surface area contributed by atoms with Crippen LogP contribution in [-0.4, -0.2) is 35.1 Å². The van der Waals surface area contributed by atoms with Crippen molar-refractivity contribution in [2.75, 3.05) is 5.43 Å². The first-order chi connectivity index (χ1) is 15.3. The fourth-order valence-corrected chi connectivity index (χ4v) is 2.87. The van der Waals surface area contributed by atoms with Gasteiger partial charge in [0.1, 0.15) is 6.61 Å². The maximum atomic E-state index is 9.12. The molecule has 2 aromatic carbocycles. The average Bonchev–Trinajstić information content (AvgIpc) is 3.28. The molecule has 0 amide bonds. The average molecular weight is 412 g/mol. The minimum Gasteiger partial charge on any atom is -0.388 e. The van der Waals surface area contributed by atoms with E-state index >= 15 is 0 Å². The molecule has 0 bridgehead atoms. The number of rotatable bonds is 4. The standard InChI is InChI=1S/C12H10N4O.C10H10N4/c17-8-12-14-13-11-7-6-10(15-16(11)12)9-4-2-1-3-5-9;11-12-10-7-6-9(13-14-10)8-4-2-1-3-5-8/h1-7,17H,8H2;1-7H,11H2,(H,12,14). The lowest BCUT2D eigenvalue weighted by molar-refractivity contribution is 0.268. The second kappa shape index (κ2) is 9.53. The van der Waals surface area contributed by atoms with Crippen LogP contribution in [0.3, 0.4) is 0 Å². The van der Waals surface area contributed by atoms with E-state index in [2.05, 4.69) is 30.9 Å². The molecule has 9 heteroatoms. The number of hydrazine groups is 1. The van der Waals surface area contributed by atoms with Gasteiger partial charge >= 0.3 is 0 Å². The van der Waals surface area contributed by atoms with Crippen LogP contribution in [0.25, 0.3) is 28.2 Å². The molecule has 4 N–H and O–H groups in total. The number of hydrogen-bond acceptors (Lipinski definition) is 8. The van der Waals surface area contributed by atoms with Gasteiger partial charge in [0.2, 0.25) is 0 Å². The van der Waals surface area contributed by atoms with Crippen LogP contribution >= 0.6 is 0 Å². The summed E-state index contributed by atoms with van der Waals surface area (Å²) in [6.07, 6.45) is 0. The van der Waals surface area contributed by atoms with E-state index in [4.69, 9.17) is 10.9 Å². The summed E-state index contributed by atoms with van der Waals surface area (Å²) in [5.41, 5.74) is 6.79. The number of fused-ring (bicyclic) bond motifs is 1. The van der Waals surface area contributed by atoms with Gasteiger partial charge in [-0.3, -0.25) is 0 Å². The highest BCUT2D eigenvalue weighted by molar-refractivity contribution is 5.60. The minimum absolute atomic E-state index is 0.174. The van der Waals surface area contributed by atoms with Crippen LogP contribution in [0.1, 0.15) is 5.82 Å². The molecule has 0 aliphatic carbocycles. The first-order valence-corrected chi connectivity index (χ1v) is 9.52. The van der Waals surface area contributed by atoms with Crippen LogP contribution in [0, 0.1) is 0 Å². The zero-order chi connectivity index (χ0) is 21.5. The van der Waals surface area contributed by atoms with Crippen molar-refractivity contribution in [1.82, 2.24) is 30.0 Å². The molecular weight excluding hydrogens is 392 g/mol. The van der Waals surface area contributed by atoms with Gasteiger partial charge in [-0.15, -0.1) is 20.4 Å². The van der Waals surface area contributed by atoms with E-state index in [9.17, 15) is 0 Å². The zero-order valence-corrected chi connectivity index (χ0v) is 16.5. The highest BCUT2D eigenvalue weighted by Gasteiger charge is 2.07. The van der Waals surface area contributed by atoms with Gasteiger partial charge in [0.15, 0.2) is 17.3 Å². The lowest BCUT2D eigenvalue weighted by atomic mass is 10.1. The van der Waals surface area contributed by atoms with Crippen molar-refractivity contribution < 1.29 is 5.11 Å². The summed E-state index contributed by atoms with van der Waals surface area (Å²) in [6, 6.07) is 27.1. The molecule has 3 aromatic heterocycles. The Morgan fingerprint density at radius 3 is 1.94 bits per heavy atom. The summed E-state index contributed by atoms with van der Waals surface area (Å²) in [7, 11) is 0. The van der Waals surface area contributed by atoms with Crippen molar-refractivity contribution in [3.63, 3.8) is 0 Å². The van der Waals surface area contributed by atoms with Crippen molar-refractivity contribution >= 4 is 11.5 Å². The van der Waals surface area contributed by atoms with E-state index in [0.717, 1.165) is 22.5 Å². The number of aromatic nitrogens is 6. The Morgan fingerprint density at radius 1 is 0.710 bits per heavy atom. The van der Waals surface area contributed by atoms with E-state index in [0.29, 0.717) is 17.3 Å². The topological polar surface area (TPSA) is 127 Å². The van der Waals surface area contributed by atoms with Crippen LogP contribution in [-0.2, 0) is 6.61 Å². The van der Waals surface area contributed by atoms with E-state index < -0.39 is 0 Å². The highest BCUT2D eigenvalue weighted by atomic mass is 16.3. The van der Waals surface area contributed by atoms with Crippen molar-refractivity contribution in [3.05, 3.63) is 90.8 Å². The second-order valence-corrected chi connectivity index (χ2v) is 6.44. The molecule has 0 aliphatic heterocycles. The third-order valence-corrected chi connectivity index (χ3v) is 4.42. The number of benzene rings is 2. The third-order valence-electron chi connectivity index (χ3n) is 4.42. The van der Waals surface area contributed by atoms with E-state index in [1.807, 2.05) is 78.9 Å². The van der Waals surface area contributed by atoms with Crippen molar-refractivity contribution in [1.29, 1.82) is 0 Å². The SMILES string of the molecule is NNc1ccc(-c2ccccc2)nn1.OCc1nnc2ccc(-c3ccccc3)nn12. The summed E-state index contributed by atoms with van der Waals surface area (Å²) in [5.74, 6) is 6.19. The van der Waals surface area contributed by atoms with Crippen LogP contribution in [0.15, 0.2) is 84.9 Å². The van der Waals surface area contributed by atoms with Gasteiger partial charge < -0.3 is 10.5 Å². The summed E-state index contributed by atoms with van der Waals surface area (Å²) in [4.78, 5) is 0. The molecule has 0 atom stereocenters. The van der Waals surface area contributed by atoms with Crippen molar-refractivity contribution in [3.8, 4) is 22.5 Å². The van der Waals surface area contributed by atoms with Crippen LogP contribution in [0.4, 0.5) is 5.82 Å². The molecular formula is C22H20N8O. The Balaban J connectivity index is 0.000000152. The van der Waals surface area contributed by atoms with E-state index in [1.54, 1.807) is 10.6 Å². The summed E-state index contributed by atoms with van der Waals surface area (Å²) in [5, 5.41) is 29.2. The first kappa shape index (κ1) is 20.1. The van der Waals surface area contributed by atoms with Crippen molar-refractivity contribution in [2.24, 2.45) is 5.84 Å². The lowest BCUT2D eigenvalue weighted by Gasteiger charge is -2.01. The number of hydrogen-bond donors (Lipinski definition) is 3. The Labute approximate surface area is 178 Å². The molecule has 5 rings (SSSR count). The van der Waals surface area contributed by atoms with Gasteiger partial charge in [0, 0.05) is 11.1 Å². The monoisotopic (exact) mass is 412 g/mol. The zero-order valence-electron chi connectivity index (χ0n) is 16.5. The Morgan fingerprint density at radius 2 is 1.35 bits per heavy atom. The van der Waals surface area contributed by atoms with Crippen LogP contribution in [0.5, 0.6) is 0 Å². The maximum Gasteiger partial charge on any atom is 0.180 e. The first-order valence-electron chi connectivity index (χ1n) is 9.52. The molecule has 5 aromatic rings. The molecule has 0 radical (unpaired) electrons. The number of nitrogens with zero attached hydrogens (tertiary/aromatic N) is 6. The normalized spacial score (nSPS) is 10.4. The third kappa shape index (κ3) is 4.69. The lowest BCUT2D eigenvalue weighted by Crippen LogP contribution is -2.08. The van der Waals surface area contributed by atoms with Gasteiger partial charge in [-0.2, -0.15) is 9.61 Å². The predicted molar refractivity (Wildman–Crippen MR) is 117 cm³/mol. The number of anilines is 1. The quantitative estimate of drug-likeness (QED) is 0.304. The number of nitrogens with two attached hydrogens (primary N) is 1. The molecule has 0 saturated heterocycles. The smallest absolute Gasteiger partial charge is 0.180 e. The number of aliphatic hydroxyl groups excluding tert-OH is 1. The number of aliphatic hydroxyl groups is 1. The fraction of sp³-hybridized carbons (Fsp3) is 0.0455. The number of nitrogens with one attached hydrogen (secondary N) is 1. The van der Waals surface area contributed by atoms with Crippen LogP contribution in [0.2, 0.25) is 0 Å². The Kier molecular flexibility index (Phi) is 6.17. The summed E-state index contributed by atoms with van der Waals surface area (Å²) in [6.45, 7) is -0.174. The molecule has 3 heterocycles. The molecule has 0 spiro atoms. The second-order valence-electron chi connectivity index (χ2n) is 6.44. The largest absolute Gasteiger partial charge is 0.388 e. The van der Waals surface area contributed by atoms with Gasteiger partial charge in [-0.05, 0) is 24.3 Å². The predicted octanol–water partition coefficient (Wildman–Crippen LogP) is 2.71. The van der Waals surface area contributed by atoms with E-state index in [1.165, 1.54) is 0 Å². The summed E-state index contributed by atoms with van der Waals surface area (Å²) >= 11 is 0. The highest BCUT2D eigenvalue weighted by Crippen LogP contribution is 2.17. The molecule has 0 saturated carbocycles. The molecule has 0 fully saturated rings. The van der Waals surface area contributed by atoms with Gasteiger partial charge in [-0.25, -0.2) is 5.84 Å². The molecule has 0 unspecified atom stereocenters. The van der Waals surface area contributed by atoms with Crippen LogP contribution < -0.4 is 11.3 Å². The maximum absolute atomic E-state index is 9.12. The molecule has 9 nitrogen and oxygen atoms in total. The molecule has 31 heavy (non-hydrogen) atoms. The fourth-order valence-electron chi connectivity index (χ4n) is 2.87. The van der Waals surface area contributed by atoms with Crippen molar-refractivity contribution in [2.45, 2.75) is 6.61 Å². The molecule has 0 aliphatic rings. The van der Waals surface area contributed by atoms with Gasteiger partial charge in [0.25, 0.3) is 0 Å². The molecule has 154 valence electrons. The Bertz CT molecular complexity index is 1240. The van der Waals surface area contributed by atoms with E-state index in [-0.39, 0.29) is 6.61 Å². The van der Waals surface area contributed by atoms with Gasteiger partial charge in [0.05, 0.1) is 11.4 Å². The number of nitrogen functional groups attached to an aromatic ring is 1. The minimum atomic E-state index is -0.174. The Hall–Kier alpha value is -4.21. The summed E-state index contributed by atoms with van der Waals surface area (Å²) < 4.78 is 1.56. The van der Waals surface area contributed by atoms with Gasteiger partial charge in [-0.1, -0.05) is 60.7 Å².